The summed E-state index contributed by atoms with van der Waals surface area (Å²) in [5.74, 6) is 7.24. The molecule has 0 spiro atoms. The molecule has 2 heterocycles. The monoisotopic (exact) mass is 494 g/mol. The van der Waals surface area contributed by atoms with Gasteiger partial charge in [0.05, 0.1) is 50.1 Å². The van der Waals surface area contributed by atoms with Gasteiger partial charge in [-0.3, -0.25) is 0 Å². The SMILES string of the molecule is CC1(C)Oc2cc(C#Cc3c(Cl)cccc3Cl)ccc2-c2[nH]c(-c3c(C#N)cccc3C#N)nc21. The standard InChI is InChI=1S/C28H16Cl2N4O/c1-28(2)26-25(33-27(34-26)24-17(14-31)5-3-6-18(24)15-32)20-12-10-16(13-23(20)35-28)9-11-19-21(29)7-4-8-22(19)30/h3-8,10,12-13H,1-2H3,(H,33,34). The van der Waals surface area contributed by atoms with E-state index in [0.29, 0.717) is 49.6 Å². The van der Waals surface area contributed by atoms with Crippen LogP contribution in [0.3, 0.4) is 0 Å². The van der Waals surface area contributed by atoms with Gasteiger partial charge in [0, 0.05) is 11.1 Å². The average molecular weight is 495 g/mol. The van der Waals surface area contributed by atoms with Crippen LogP contribution in [-0.2, 0) is 5.60 Å². The summed E-state index contributed by atoms with van der Waals surface area (Å²) in [6.07, 6.45) is 0. The maximum absolute atomic E-state index is 9.61. The van der Waals surface area contributed by atoms with Gasteiger partial charge in [-0.25, -0.2) is 4.98 Å². The number of fused-ring (bicyclic) bond motifs is 3. The van der Waals surface area contributed by atoms with Crippen LogP contribution in [0.5, 0.6) is 5.75 Å². The van der Waals surface area contributed by atoms with Crippen LogP contribution in [0.1, 0.15) is 41.8 Å². The minimum Gasteiger partial charge on any atom is -0.481 e. The molecule has 0 fully saturated rings. The van der Waals surface area contributed by atoms with Crippen molar-refractivity contribution in [3.05, 3.63) is 92.6 Å². The molecule has 0 saturated heterocycles. The van der Waals surface area contributed by atoms with Crippen molar-refractivity contribution in [1.82, 2.24) is 9.97 Å². The molecule has 5 nitrogen and oxygen atoms in total. The zero-order valence-electron chi connectivity index (χ0n) is 18.7. The largest absolute Gasteiger partial charge is 0.481 e. The maximum Gasteiger partial charge on any atom is 0.147 e. The second kappa shape index (κ2) is 8.53. The van der Waals surface area contributed by atoms with E-state index >= 15 is 0 Å². The van der Waals surface area contributed by atoms with E-state index in [1.54, 1.807) is 36.4 Å². The lowest BCUT2D eigenvalue weighted by Gasteiger charge is -2.31. The molecular weight excluding hydrogens is 479 g/mol. The van der Waals surface area contributed by atoms with E-state index in [2.05, 4.69) is 29.0 Å². The lowest BCUT2D eigenvalue weighted by Crippen LogP contribution is -2.29. The molecule has 7 heteroatoms. The number of hydrogen-bond acceptors (Lipinski definition) is 4. The lowest BCUT2D eigenvalue weighted by molar-refractivity contribution is 0.101. The number of ether oxygens (including phenoxy) is 1. The number of H-pyrrole nitrogens is 1. The Morgan fingerprint density at radius 3 is 2.23 bits per heavy atom. The molecule has 1 aliphatic heterocycles. The van der Waals surface area contributed by atoms with E-state index in [9.17, 15) is 10.5 Å². The van der Waals surface area contributed by atoms with Crippen molar-refractivity contribution < 1.29 is 4.74 Å². The molecule has 0 radical (unpaired) electrons. The molecule has 5 rings (SSSR count). The van der Waals surface area contributed by atoms with Crippen molar-refractivity contribution in [2.24, 2.45) is 0 Å². The van der Waals surface area contributed by atoms with Crippen LogP contribution in [0.25, 0.3) is 22.6 Å². The third-order valence-electron chi connectivity index (χ3n) is 5.73. The fourth-order valence-corrected chi connectivity index (χ4v) is 4.57. The third-order valence-corrected chi connectivity index (χ3v) is 6.36. The maximum atomic E-state index is 9.61. The molecule has 0 aliphatic carbocycles. The number of nitrogens with one attached hydrogen (secondary N) is 1. The van der Waals surface area contributed by atoms with Gasteiger partial charge >= 0.3 is 0 Å². The van der Waals surface area contributed by atoms with Crippen LogP contribution < -0.4 is 4.74 Å². The van der Waals surface area contributed by atoms with E-state index < -0.39 is 5.60 Å². The Labute approximate surface area is 212 Å². The van der Waals surface area contributed by atoms with Gasteiger partial charge in [-0.1, -0.05) is 47.2 Å². The Kier molecular flexibility index (Phi) is 5.50. The number of nitriles is 2. The number of aromatic nitrogens is 2. The first-order valence-corrected chi connectivity index (χ1v) is 11.4. The molecular formula is C28H16Cl2N4O. The highest BCUT2D eigenvalue weighted by atomic mass is 35.5. The predicted octanol–water partition coefficient (Wildman–Crippen LogP) is 6.82. The van der Waals surface area contributed by atoms with Gasteiger partial charge in [0.25, 0.3) is 0 Å². The molecule has 35 heavy (non-hydrogen) atoms. The second-order valence-electron chi connectivity index (χ2n) is 8.43. The highest BCUT2D eigenvalue weighted by Gasteiger charge is 2.37. The van der Waals surface area contributed by atoms with Gasteiger partial charge < -0.3 is 9.72 Å². The van der Waals surface area contributed by atoms with Crippen molar-refractivity contribution in [3.63, 3.8) is 0 Å². The van der Waals surface area contributed by atoms with Crippen LogP contribution >= 0.6 is 23.2 Å². The first kappa shape index (κ1) is 22.6. The first-order valence-electron chi connectivity index (χ1n) is 10.7. The Bertz CT molecular complexity index is 1610. The Morgan fingerprint density at radius 2 is 1.57 bits per heavy atom. The second-order valence-corrected chi connectivity index (χ2v) is 9.25. The summed E-state index contributed by atoms with van der Waals surface area (Å²) in [5, 5.41) is 20.2. The number of hydrogen-bond donors (Lipinski definition) is 1. The highest BCUT2D eigenvalue weighted by Crippen LogP contribution is 2.45. The quantitative estimate of drug-likeness (QED) is 0.294. The van der Waals surface area contributed by atoms with E-state index in [1.165, 1.54) is 0 Å². The van der Waals surface area contributed by atoms with Crippen LogP contribution in [0.4, 0.5) is 0 Å². The van der Waals surface area contributed by atoms with E-state index in [1.807, 2.05) is 32.0 Å². The predicted molar refractivity (Wildman–Crippen MR) is 135 cm³/mol. The number of halogens is 2. The normalized spacial score (nSPS) is 12.7. The summed E-state index contributed by atoms with van der Waals surface area (Å²) >= 11 is 12.5. The molecule has 0 unspecified atom stereocenters. The van der Waals surface area contributed by atoms with Gasteiger partial charge in [-0.2, -0.15) is 10.5 Å². The van der Waals surface area contributed by atoms with Crippen LogP contribution in [0, 0.1) is 34.5 Å². The summed E-state index contributed by atoms with van der Waals surface area (Å²) in [5.41, 5.74) is 4.05. The summed E-state index contributed by atoms with van der Waals surface area (Å²) < 4.78 is 6.32. The molecule has 0 atom stereocenters. The van der Waals surface area contributed by atoms with Crippen LogP contribution in [0.2, 0.25) is 10.0 Å². The van der Waals surface area contributed by atoms with Gasteiger partial charge in [-0.05, 0) is 56.3 Å². The molecule has 1 N–H and O–H groups in total. The molecule has 0 bridgehead atoms. The zero-order chi connectivity index (χ0) is 24.7. The molecule has 0 saturated carbocycles. The van der Waals surface area contributed by atoms with Gasteiger partial charge in [0.2, 0.25) is 0 Å². The molecule has 168 valence electrons. The molecule has 1 aliphatic rings. The van der Waals surface area contributed by atoms with Crippen molar-refractivity contribution in [1.29, 1.82) is 10.5 Å². The summed E-state index contributed by atoms with van der Waals surface area (Å²) in [4.78, 5) is 8.11. The average Bonchev–Trinajstić information content (AvgIpc) is 3.29. The van der Waals surface area contributed by atoms with Gasteiger partial charge in [0.1, 0.15) is 22.9 Å². The molecule has 1 aromatic heterocycles. The van der Waals surface area contributed by atoms with E-state index in [4.69, 9.17) is 32.9 Å². The summed E-state index contributed by atoms with van der Waals surface area (Å²) in [6.45, 7) is 3.84. The van der Waals surface area contributed by atoms with E-state index in [0.717, 1.165) is 16.8 Å². The number of rotatable bonds is 1. The number of imidazole rings is 1. The smallest absolute Gasteiger partial charge is 0.147 e. The molecule has 0 amide bonds. The fraction of sp³-hybridized carbons (Fsp3) is 0.107. The van der Waals surface area contributed by atoms with Crippen molar-refractivity contribution >= 4 is 23.2 Å². The van der Waals surface area contributed by atoms with Crippen molar-refractivity contribution in [2.75, 3.05) is 0 Å². The van der Waals surface area contributed by atoms with Crippen LogP contribution in [0.15, 0.2) is 54.6 Å². The Morgan fingerprint density at radius 1 is 0.914 bits per heavy atom. The number of nitrogens with zero attached hydrogens (tertiary/aromatic N) is 3. The minimum atomic E-state index is -0.760. The molecule has 3 aromatic carbocycles. The van der Waals surface area contributed by atoms with Crippen molar-refractivity contribution in [3.8, 4) is 52.4 Å². The molecule has 4 aromatic rings. The number of benzene rings is 3. The topological polar surface area (TPSA) is 85.5 Å². The third kappa shape index (κ3) is 3.90. The van der Waals surface area contributed by atoms with Crippen molar-refractivity contribution in [2.45, 2.75) is 19.4 Å². The summed E-state index contributed by atoms with van der Waals surface area (Å²) in [7, 11) is 0. The Hall–Kier alpha value is -4.21. The van der Waals surface area contributed by atoms with Gasteiger partial charge in [0.15, 0.2) is 0 Å². The van der Waals surface area contributed by atoms with E-state index in [-0.39, 0.29) is 0 Å². The Balaban J connectivity index is 1.62. The zero-order valence-corrected chi connectivity index (χ0v) is 20.2. The first-order chi connectivity index (χ1) is 16.8. The summed E-state index contributed by atoms with van der Waals surface area (Å²) in [6, 6.07) is 20.3. The highest BCUT2D eigenvalue weighted by molar-refractivity contribution is 6.36. The fourth-order valence-electron chi connectivity index (χ4n) is 4.08. The van der Waals surface area contributed by atoms with Gasteiger partial charge in [-0.15, -0.1) is 0 Å². The number of aromatic amines is 1. The minimum absolute atomic E-state index is 0.373. The van der Waals surface area contributed by atoms with Crippen LogP contribution in [-0.4, -0.2) is 9.97 Å². The lowest BCUT2D eigenvalue weighted by atomic mass is 9.94.